The Kier molecular flexibility index (Phi) is 5.88. The molecule has 0 spiro atoms. The second-order valence-electron chi connectivity index (χ2n) is 5.80. The van der Waals surface area contributed by atoms with Crippen LogP contribution in [-0.2, 0) is 13.1 Å². The van der Waals surface area contributed by atoms with Gasteiger partial charge in [-0.05, 0) is 34.0 Å². The lowest BCUT2D eigenvalue weighted by molar-refractivity contribution is 0.196. The molecular weight excluding hydrogens is 314 g/mol. The number of aliphatic hydroxyl groups excluding tert-OH is 1. The number of rotatable bonds is 8. The Morgan fingerprint density at radius 3 is 2.60 bits per heavy atom. The Hall–Kier alpha value is -2.56. The summed E-state index contributed by atoms with van der Waals surface area (Å²) in [4.78, 5) is 0. The fraction of sp³-hybridized carbons (Fsp3) is 0.238. The zero-order valence-corrected chi connectivity index (χ0v) is 14.4. The summed E-state index contributed by atoms with van der Waals surface area (Å²) in [5.74, 6) is 1.33. The van der Waals surface area contributed by atoms with E-state index in [1.165, 1.54) is 16.3 Å². The Morgan fingerprint density at radius 2 is 1.76 bits per heavy atom. The van der Waals surface area contributed by atoms with Gasteiger partial charge in [0.2, 0.25) is 0 Å². The van der Waals surface area contributed by atoms with E-state index in [4.69, 9.17) is 14.6 Å². The molecule has 0 atom stereocenters. The van der Waals surface area contributed by atoms with Gasteiger partial charge in [-0.25, -0.2) is 0 Å². The van der Waals surface area contributed by atoms with Crippen molar-refractivity contribution in [3.63, 3.8) is 0 Å². The standard InChI is InChI=1S/C21H23NO3/c1-24-21-13-16(9-10-20(21)25-12-11-23)14-22-15-18-7-4-6-17-5-2-3-8-19(17)18/h2-10,13,22-23H,11-12,14-15H2,1H3. The number of hydrogen-bond acceptors (Lipinski definition) is 4. The minimum atomic E-state index is -0.0164. The second kappa shape index (κ2) is 8.51. The highest BCUT2D eigenvalue weighted by Crippen LogP contribution is 2.28. The summed E-state index contributed by atoms with van der Waals surface area (Å²) in [6, 6.07) is 20.6. The molecule has 0 aliphatic rings. The van der Waals surface area contributed by atoms with Crippen molar-refractivity contribution in [2.75, 3.05) is 20.3 Å². The molecule has 3 rings (SSSR count). The molecule has 3 aromatic rings. The van der Waals surface area contributed by atoms with Gasteiger partial charge >= 0.3 is 0 Å². The summed E-state index contributed by atoms with van der Waals surface area (Å²) in [6.07, 6.45) is 0. The first kappa shape index (κ1) is 17.3. The molecule has 3 aromatic carbocycles. The number of hydrogen-bond donors (Lipinski definition) is 2. The molecule has 25 heavy (non-hydrogen) atoms. The van der Waals surface area contributed by atoms with Crippen molar-refractivity contribution in [2.24, 2.45) is 0 Å². The summed E-state index contributed by atoms with van der Waals surface area (Å²) < 4.78 is 10.8. The summed E-state index contributed by atoms with van der Waals surface area (Å²) in [7, 11) is 1.62. The van der Waals surface area contributed by atoms with Crippen LogP contribution in [0.5, 0.6) is 11.5 Å². The second-order valence-corrected chi connectivity index (χ2v) is 5.80. The van der Waals surface area contributed by atoms with E-state index < -0.39 is 0 Å². The molecule has 0 aliphatic heterocycles. The van der Waals surface area contributed by atoms with Gasteiger partial charge in [0.25, 0.3) is 0 Å². The maximum absolute atomic E-state index is 8.87. The highest BCUT2D eigenvalue weighted by molar-refractivity contribution is 5.85. The lowest BCUT2D eigenvalue weighted by Crippen LogP contribution is -2.13. The van der Waals surface area contributed by atoms with Gasteiger partial charge < -0.3 is 19.9 Å². The third-order valence-corrected chi connectivity index (χ3v) is 4.10. The molecule has 0 aliphatic carbocycles. The van der Waals surface area contributed by atoms with E-state index >= 15 is 0 Å². The fourth-order valence-electron chi connectivity index (χ4n) is 2.88. The number of nitrogens with one attached hydrogen (secondary N) is 1. The van der Waals surface area contributed by atoms with Gasteiger partial charge in [0.05, 0.1) is 13.7 Å². The third kappa shape index (κ3) is 4.29. The van der Waals surface area contributed by atoms with E-state index in [2.05, 4.69) is 47.8 Å². The van der Waals surface area contributed by atoms with Crippen molar-refractivity contribution < 1.29 is 14.6 Å². The van der Waals surface area contributed by atoms with E-state index in [0.29, 0.717) is 11.5 Å². The molecule has 0 fully saturated rings. The normalized spacial score (nSPS) is 10.8. The van der Waals surface area contributed by atoms with Gasteiger partial charge in [0, 0.05) is 13.1 Å². The van der Waals surface area contributed by atoms with Gasteiger partial charge in [-0.1, -0.05) is 48.5 Å². The van der Waals surface area contributed by atoms with Crippen LogP contribution in [0, 0.1) is 0 Å². The van der Waals surface area contributed by atoms with Gasteiger partial charge in [0.1, 0.15) is 6.61 Å². The average molecular weight is 337 g/mol. The fourth-order valence-corrected chi connectivity index (χ4v) is 2.88. The van der Waals surface area contributed by atoms with E-state index in [0.717, 1.165) is 18.7 Å². The monoisotopic (exact) mass is 337 g/mol. The first-order valence-corrected chi connectivity index (χ1v) is 8.40. The van der Waals surface area contributed by atoms with Crippen molar-refractivity contribution in [1.82, 2.24) is 5.32 Å². The van der Waals surface area contributed by atoms with Gasteiger partial charge in [-0.3, -0.25) is 0 Å². The van der Waals surface area contributed by atoms with Gasteiger partial charge in [-0.15, -0.1) is 0 Å². The predicted octanol–water partition coefficient (Wildman–Crippen LogP) is 3.51. The van der Waals surface area contributed by atoms with E-state index in [-0.39, 0.29) is 13.2 Å². The van der Waals surface area contributed by atoms with Gasteiger partial charge in [-0.2, -0.15) is 0 Å². The molecule has 0 heterocycles. The minimum Gasteiger partial charge on any atom is -0.493 e. The van der Waals surface area contributed by atoms with Crippen LogP contribution < -0.4 is 14.8 Å². The van der Waals surface area contributed by atoms with Crippen molar-refractivity contribution in [3.8, 4) is 11.5 Å². The maximum atomic E-state index is 8.87. The lowest BCUT2D eigenvalue weighted by atomic mass is 10.0. The molecular formula is C21H23NO3. The smallest absolute Gasteiger partial charge is 0.161 e. The first-order valence-electron chi connectivity index (χ1n) is 8.40. The van der Waals surface area contributed by atoms with Crippen LogP contribution in [0.4, 0.5) is 0 Å². The van der Waals surface area contributed by atoms with Crippen molar-refractivity contribution in [1.29, 1.82) is 0 Å². The van der Waals surface area contributed by atoms with Crippen LogP contribution >= 0.6 is 0 Å². The quantitative estimate of drug-likeness (QED) is 0.660. The van der Waals surface area contributed by atoms with Crippen LogP contribution in [0.1, 0.15) is 11.1 Å². The molecule has 0 radical (unpaired) electrons. The predicted molar refractivity (Wildman–Crippen MR) is 100 cm³/mol. The molecule has 0 aromatic heterocycles. The first-order chi connectivity index (χ1) is 12.3. The van der Waals surface area contributed by atoms with Crippen LogP contribution in [0.25, 0.3) is 10.8 Å². The van der Waals surface area contributed by atoms with Gasteiger partial charge in [0.15, 0.2) is 11.5 Å². The molecule has 0 saturated heterocycles. The number of aliphatic hydroxyl groups is 1. The Labute approximate surface area is 148 Å². The zero-order valence-electron chi connectivity index (χ0n) is 14.4. The maximum Gasteiger partial charge on any atom is 0.161 e. The number of ether oxygens (including phenoxy) is 2. The molecule has 0 saturated carbocycles. The van der Waals surface area contributed by atoms with Crippen molar-refractivity contribution in [2.45, 2.75) is 13.1 Å². The van der Waals surface area contributed by atoms with Crippen LogP contribution in [0.15, 0.2) is 60.7 Å². The van der Waals surface area contributed by atoms with E-state index in [1.54, 1.807) is 7.11 Å². The molecule has 4 heteroatoms. The SMILES string of the molecule is COc1cc(CNCc2cccc3ccccc23)ccc1OCCO. The third-order valence-electron chi connectivity index (χ3n) is 4.10. The molecule has 130 valence electrons. The highest BCUT2D eigenvalue weighted by Gasteiger charge is 2.06. The minimum absolute atomic E-state index is 0.0164. The summed E-state index contributed by atoms with van der Waals surface area (Å²) in [6.45, 7) is 1.78. The Morgan fingerprint density at radius 1 is 0.920 bits per heavy atom. The molecule has 0 unspecified atom stereocenters. The van der Waals surface area contributed by atoms with Crippen molar-refractivity contribution >= 4 is 10.8 Å². The van der Waals surface area contributed by atoms with Crippen LogP contribution in [0.3, 0.4) is 0 Å². The highest BCUT2D eigenvalue weighted by atomic mass is 16.5. The zero-order chi connectivity index (χ0) is 17.5. The molecule has 4 nitrogen and oxygen atoms in total. The van der Waals surface area contributed by atoms with E-state index in [9.17, 15) is 0 Å². The molecule has 0 bridgehead atoms. The summed E-state index contributed by atoms with van der Waals surface area (Å²) >= 11 is 0. The van der Waals surface area contributed by atoms with E-state index in [1.807, 2.05) is 18.2 Å². The number of methoxy groups -OCH3 is 1. The summed E-state index contributed by atoms with van der Waals surface area (Å²) in [5.41, 5.74) is 2.40. The Balaban J connectivity index is 1.65. The van der Waals surface area contributed by atoms with Crippen molar-refractivity contribution in [3.05, 3.63) is 71.8 Å². The van der Waals surface area contributed by atoms with Crippen LogP contribution in [-0.4, -0.2) is 25.4 Å². The molecule has 2 N–H and O–H groups in total. The molecule has 0 amide bonds. The Bertz CT molecular complexity index is 827. The topological polar surface area (TPSA) is 50.7 Å². The largest absolute Gasteiger partial charge is 0.493 e. The average Bonchev–Trinajstić information content (AvgIpc) is 2.67. The number of fused-ring (bicyclic) bond motifs is 1. The number of benzene rings is 3. The summed E-state index contributed by atoms with van der Waals surface area (Å²) in [5, 5.41) is 14.9. The van der Waals surface area contributed by atoms with Crippen LogP contribution in [0.2, 0.25) is 0 Å². The lowest BCUT2D eigenvalue weighted by Gasteiger charge is -2.12.